The number of nitrogens with zero attached hydrogens (tertiary/aromatic N) is 1. The SMILES string of the molecule is NC(=O)c1cccccn(C(N)=O)[nH]1. The van der Waals surface area contributed by atoms with Gasteiger partial charge in [-0.05, 0) is 12.1 Å². The molecule has 74 valence electrons. The number of H-pyrrole nitrogens is 1. The van der Waals surface area contributed by atoms with E-state index in [0.29, 0.717) is 0 Å². The molecule has 0 aliphatic heterocycles. The Hall–Kier alpha value is -2.24. The van der Waals surface area contributed by atoms with Crippen molar-refractivity contribution in [3.8, 4) is 0 Å². The maximum atomic E-state index is 10.8. The second kappa shape index (κ2) is 4.13. The minimum atomic E-state index is -0.733. The first-order chi connectivity index (χ1) is 6.61. The maximum Gasteiger partial charge on any atom is 0.337 e. The normalized spacial score (nSPS) is 9.14. The Morgan fingerprint density at radius 3 is 2.50 bits per heavy atom. The number of nitrogens with one attached hydrogen (secondary N) is 1. The Balaban J connectivity index is 3.35. The molecular formula is C8H10N4O2. The number of primary amides is 2. The molecule has 0 bridgehead atoms. The van der Waals surface area contributed by atoms with Crippen molar-refractivity contribution in [2.45, 2.75) is 0 Å². The van der Waals surface area contributed by atoms with Crippen LogP contribution < -0.4 is 11.5 Å². The lowest BCUT2D eigenvalue weighted by molar-refractivity contribution is 0.0994. The van der Waals surface area contributed by atoms with Crippen molar-refractivity contribution < 1.29 is 9.59 Å². The van der Waals surface area contributed by atoms with Crippen LogP contribution in [0, 0.1) is 0 Å². The Labute approximate surface area is 79.8 Å². The summed E-state index contributed by atoms with van der Waals surface area (Å²) >= 11 is 0. The lowest BCUT2D eigenvalue weighted by atomic mass is 10.4. The highest BCUT2D eigenvalue weighted by Gasteiger charge is 1.99. The van der Waals surface area contributed by atoms with E-state index in [-0.39, 0.29) is 5.69 Å². The van der Waals surface area contributed by atoms with Crippen molar-refractivity contribution in [2.75, 3.05) is 0 Å². The van der Waals surface area contributed by atoms with Crippen LogP contribution in [0.3, 0.4) is 0 Å². The van der Waals surface area contributed by atoms with Gasteiger partial charge in [-0.1, -0.05) is 12.1 Å². The van der Waals surface area contributed by atoms with Crippen LogP contribution in [0.1, 0.15) is 10.5 Å². The van der Waals surface area contributed by atoms with E-state index in [1.165, 1.54) is 12.3 Å². The summed E-state index contributed by atoms with van der Waals surface area (Å²) in [6.07, 6.45) is 1.38. The second-order valence-electron chi connectivity index (χ2n) is 2.49. The zero-order chi connectivity index (χ0) is 10.6. The van der Waals surface area contributed by atoms with E-state index >= 15 is 0 Å². The predicted octanol–water partition coefficient (Wildman–Crippen LogP) is -0.0337. The summed E-state index contributed by atoms with van der Waals surface area (Å²) in [5.74, 6) is -0.670. The molecule has 0 radical (unpaired) electrons. The van der Waals surface area contributed by atoms with Crippen molar-refractivity contribution in [1.82, 2.24) is 9.78 Å². The van der Waals surface area contributed by atoms with E-state index in [2.05, 4.69) is 5.10 Å². The van der Waals surface area contributed by atoms with E-state index in [1.54, 1.807) is 18.2 Å². The minimum Gasteiger partial charge on any atom is -0.364 e. The van der Waals surface area contributed by atoms with Crippen molar-refractivity contribution in [2.24, 2.45) is 11.5 Å². The maximum absolute atomic E-state index is 10.8. The molecule has 1 rings (SSSR count). The first-order valence-electron chi connectivity index (χ1n) is 3.81. The zero-order valence-corrected chi connectivity index (χ0v) is 7.31. The highest BCUT2D eigenvalue weighted by Crippen LogP contribution is 1.89. The van der Waals surface area contributed by atoms with Crippen molar-refractivity contribution in [1.29, 1.82) is 0 Å². The number of nitrogens with two attached hydrogens (primary N) is 2. The lowest BCUT2D eigenvalue weighted by Crippen LogP contribution is -2.24. The summed E-state index contributed by atoms with van der Waals surface area (Å²) in [4.78, 5) is 21.7. The minimum absolute atomic E-state index is 0.0874. The van der Waals surface area contributed by atoms with Crippen LogP contribution >= 0.6 is 0 Å². The highest BCUT2D eigenvalue weighted by atomic mass is 16.2. The first-order valence-corrected chi connectivity index (χ1v) is 3.81. The number of hydrogen-bond donors (Lipinski definition) is 3. The topological polar surface area (TPSA) is 107 Å². The monoisotopic (exact) mass is 194 g/mol. The van der Waals surface area contributed by atoms with E-state index in [4.69, 9.17) is 11.5 Å². The van der Waals surface area contributed by atoms with Crippen LogP contribution in [0.15, 0.2) is 30.5 Å². The van der Waals surface area contributed by atoms with Crippen LogP contribution in [0.25, 0.3) is 0 Å². The van der Waals surface area contributed by atoms with Gasteiger partial charge in [-0.3, -0.25) is 9.89 Å². The van der Waals surface area contributed by atoms with E-state index < -0.39 is 11.9 Å². The third-order valence-electron chi connectivity index (χ3n) is 1.46. The van der Waals surface area contributed by atoms with Gasteiger partial charge in [0.2, 0.25) is 0 Å². The molecule has 0 spiro atoms. The van der Waals surface area contributed by atoms with E-state index in [0.717, 1.165) is 4.68 Å². The third kappa shape index (κ3) is 2.37. The summed E-state index contributed by atoms with van der Waals surface area (Å²) in [5.41, 5.74) is 10.2. The summed E-state index contributed by atoms with van der Waals surface area (Å²) in [5, 5.41) is 2.46. The molecule has 1 aromatic rings. The first kappa shape index (κ1) is 9.85. The van der Waals surface area contributed by atoms with E-state index in [9.17, 15) is 9.59 Å². The number of aromatic nitrogens is 2. The van der Waals surface area contributed by atoms with Crippen LogP contribution in [-0.2, 0) is 0 Å². The molecule has 0 aromatic carbocycles. The molecule has 0 saturated carbocycles. The van der Waals surface area contributed by atoms with Gasteiger partial charge in [0, 0.05) is 6.20 Å². The fourth-order valence-corrected chi connectivity index (χ4v) is 0.822. The molecule has 1 aromatic heterocycles. The number of hydrogen-bond acceptors (Lipinski definition) is 2. The third-order valence-corrected chi connectivity index (χ3v) is 1.46. The number of aromatic amines is 1. The molecule has 0 atom stereocenters. The van der Waals surface area contributed by atoms with Gasteiger partial charge in [0.15, 0.2) is 0 Å². The Kier molecular flexibility index (Phi) is 2.90. The van der Waals surface area contributed by atoms with Crippen LogP contribution in [-0.4, -0.2) is 21.7 Å². The average molecular weight is 194 g/mol. The van der Waals surface area contributed by atoms with Crippen LogP contribution in [0.5, 0.6) is 0 Å². The summed E-state index contributed by atoms with van der Waals surface area (Å²) < 4.78 is 0.958. The Morgan fingerprint density at radius 1 is 1.21 bits per heavy atom. The molecule has 6 nitrogen and oxygen atoms in total. The lowest BCUT2D eigenvalue weighted by Gasteiger charge is -2.00. The molecule has 1 heterocycles. The highest BCUT2D eigenvalue weighted by molar-refractivity contribution is 5.90. The van der Waals surface area contributed by atoms with E-state index in [1.807, 2.05) is 0 Å². The molecule has 0 aliphatic carbocycles. The summed E-state index contributed by atoms with van der Waals surface area (Å²) in [6, 6.07) is 5.55. The van der Waals surface area contributed by atoms with Gasteiger partial charge in [-0.15, -0.1) is 0 Å². The van der Waals surface area contributed by atoms with Crippen molar-refractivity contribution >= 4 is 11.9 Å². The zero-order valence-electron chi connectivity index (χ0n) is 7.31. The Bertz CT molecular complexity index is 369. The molecule has 5 N–H and O–H groups in total. The molecule has 6 heteroatoms. The predicted molar refractivity (Wildman–Crippen MR) is 49.9 cm³/mol. The van der Waals surface area contributed by atoms with Gasteiger partial charge in [-0.2, -0.15) is 0 Å². The fourth-order valence-electron chi connectivity index (χ4n) is 0.822. The Morgan fingerprint density at radius 2 is 1.93 bits per heavy atom. The van der Waals surface area contributed by atoms with Crippen LogP contribution in [0.4, 0.5) is 4.79 Å². The molecule has 14 heavy (non-hydrogen) atoms. The standard InChI is InChI=1S/C8H10N4O2/c9-7(13)6-4-2-1-3-5-12(11-6)8(10)14/h1-5,11H,(H2,9,13)(H2,10,14). The largest absolute Gasteiger partial charge is 0.364 e. The number of amides is 2. The molecule has 0 fully saturated rings. The number of carbonyl (C=O) groups is 2. The van der Waals surface area contributed by atoms with Crippen molar-refractivity contribution in [3.05, 3.63) is 36.2 Å². The van der Waals surface area contributed by atoms with Gasteiger partial charge in [-0.25, -0.2) is 9.48 Å². The van der Waals surface area contributed by atoms with Gasteiger partial charge in [0.1, 0.15) is 5.69 Å². The van der Waals surface area contributed by atoms with Crippen molar-refractivity contribution in [3.63, 3.8) is 0 Å². The smallest absolute Gasteiger partial charge is 0.337 e. The van der Waals surface area contributed by atoms with Gasteiger partial charge >= 0.3 is 6.03 Å². The quantitative estimate of drug-likeness (QED) is 0.583. The van der Waals surface area contributed by atoms with Crippen LogP contribution in [0.2, 0.25) is 0 Å². The molecule has 0 unspecified atom stereocenters. The molecule has 0 aliphatic rings. The van der Waals surface area contributed by atoms with Gasteiger partial charge < -0.3 is 11.5 Å². The molecule has 2 amide bonds. The number of rotatable bonds is 1. The fraction of sp³-hybridized carbons (Fsp3) is 0. The average Bonchev–Trinajstić information content (AvgIpc) is 2.01. The summed E-state index contributed by atoms with van der Waals surface area (Å²) in [7, 11) is 0. The summed E-state index contributed by atoms with van der Waals surface area (Å²) in [6.45, 7) is 0. The van der Waals surface area contributed by atoms with Gasteiger partial charge in [0.05, 0.1) is 0 Å². The second-order valence-corrected chi connectivity index (χ2v) is 2.49. The van der Waals surface area contributed by atoms with Gasteiger partial charge in [0.25, 0.3) is 5.91 Å². The molecular weight excluding hydrogens is 184 g/mol. The number of carbonyl (C=O) groups excluding carboxylic acids is 2. The molecule has 0 saturated heterocycles.